The number of H-pyrrole nitrogens is 2. The molecule has 4 heterocycles. The van der Waals surface area contributed by atoms with Crippen molar-refractivity contribution in [1.82, 2.24) is 50.2 Å². The molecule has 0 atom stereocenters. The van der Waals surface area contributed by atoms with Gasteiger partial charge < -0.3 is 46.3 Å². The fourth-order valence-electron chi connectivity index (χ4n) is 9.67. The third-order valence-corrected chi connectivity index (χ3v) is 16.5. The molecule has 494 valence electrons. The Labute approximate surface area is 592 Å². The van der Waals surface area contributed by atoms with E-state index in [0.717, 1.165) is 50.8 Å². The van der Waals surface area contributed by atoms with Crippen LogP contribution in [0.25, 0.3) is 39.5 Å². The van der Waals surface area contributed by atoms with E-state index in [-0.39, 0.29) is 22.3 Å². The summed E-state index contributed by atoms with van der Waals surface area (Å²) in [5.41, 5.74) is 12.2. The zero-order valence-corrected chi connectivity index (χ0v) is 57.2. The van der Waals surface area contributed by atoms with Crippen molar-refractivity contribution >= 4 is 162 Å². The highest BCUT2D eigenvalue weighted by Crippen LogP contribution is 2.42. The molecule has 0 fully saturated rings. The van der Waals surface area contributed by atoms with Gasteiger partial charge in [-0.3, -0.25) is 5.10 Å². The number of imidazole rings is 1. The monoisotopic (exact) mass is 1460 g/mol. The number of aromatic nitrogens is 10. The molecule has 0 radical (unpaired) electrons. The summed E-state index contributed by atoms with van der Waals surface area (Å²) in [6.07, 6.45) is 3.54. The van der Waals surface area contributed by atoms with Crippen molar-refractivity contribution in [1.29, 1.82) is 0 Å². The van der Waals surface area contributed by atoms with Crippen LogP contribution in [0.1, 0.15) is 64.2 Å². The summed E-state index contributed by atoms with van der Waals surface area (Å²) < 4.78 is 3.58. The molecule has 30 heteroatoms. The number of para-hydroxylation sites is 4. The van der Waals surface area contributed by atoms with Crippen LogP contribution >= 0.6 is 92.8 Å². The number of aryl methyl sites for hydroxylation is 5. The number of carboxylic acid groups (broad SMARTS) is 4. The lowest BCUT2D eigenvalue weighted by Crippen LogP contribution is -2.04. The summed E-state index contributed by atoms with van der Waals surface area (Å²) in [5.74, 6) is -3.79. The Kier molecular flexibility index (Phi) is 23.2. The van der Waals surface area contributed by atoms with Gasteiger partial charge in [0.05, 0.1) is 137 Å². The number of hydrogen-bond donors (Lipinski definition) is 10. The molecule has 4 aromatic heterocycles. The number of hydrogen-bond acceptors (Lipinski definition) is 14. The molecular formula is C67H52Cl8N14O8. The number of rotatable bonds is 16. The second kappa shape index (κ2) is 31.6. The van der Waals surface area contributed by atoms with E-state index in [4.69, 9.17) is 92.8 Å². The van der Waals surface area contributed by atoms with Crippen LogP contribution in [0.15, 0.2) is 164 Å². The molecule has 12 rings (SSSR count). The van der Waals surface area contributed by atoms with Crippen LogP contribution in [0.2, 0.25) is 40.2 Å². The Bertz CT molecular complexity index is 4830. The SMILES string of the molecule is Cc1cc(C)n(-c2cc(Cl)c(Nc3ccccc3C(=O)O)c(Cl)c2)n1.Cc1n[nH]c(C)c1-c1cc(Cl)c(Nc2ccccc2C(=O)O)c(Cl)c1.Cn1cnc(-c2cc(Cl)c(Nc3ccccc3C(=O)O)c(Cl)c2)c1.O=C(O)c1ccccc1Nc1c(Cl)cc(-c2nn[nH]n2)cc1Cl. The van der Waals surface area contributed by atoms with Crippen molar-refractivity contribution in [3.05, 3.63) is 249 Å². The molecular weight excluding hydrogens is 1410 g/mol. The van der Waals surface area contributed by atoms with Crippen molar-refractivity contribution in [3.8, 4) is 39.5 Å². The lowest BCUT2D eigenvalue weighted by atomic mass is 10.0. The van der Waals surface area contributed by atoms with Crippen molar-refractivity contribution in [2.24, 2.45) is 7.05 Å². The van der Waals surface area contributed by atoms with Gasteiger partial charge in [0, 0.05) is 41.3 Å². The van der Waals surface area contributed by atoms with Crippen LogP contribution < -0.4 is 21.3 Å². The van der Waals surface area contributed by atoms with E-state index in [1.807, 2.05) is 51.6 Å². The number of aromatic amines is 2. The molecule has 0 unspecified atom stereocenters. The van der Waals surface area contributed by atoms with Crippen LogP contribution in [-0.2, 0) is 7.05 Å². The highest BCUT2D eigenvalue weighted by Gasteiger charge is 2.21. The molecule has 12 aromatic rings. The van der Waals surface area contributed by atoms with Gasteiger partial charge in [-0.05, 0) is 142 Å². The fourth-order valence-corrected chi connectivity index (χ4v) is 12.0. The lowest BCUT2D eigenvalue weighted by molar-refractivity contribution is 0.0687. The van der Waals surface area contributed by atoms with Gasteiger partial charge in [0.25, 0.3) is 0 Å². The Morgan fingerprint density at radius 2 is 0.825 bits per heavy atom. The third kappa shape index (κ3) is 17.3. The van der Waals surface area contributed by atoms with E-state index in [2.05, 4.69) is 62.2 Å². The van der Waals surface area contributed by atoms with Crippen LogP contribution in [0, 0.1) is 27.7 Å². The molecule has 0 saturated carbocycles. The second-order valence-electron chi connectivity index (χ2n) is 20.9. The highest BCUT2D eigenvalue weighted by atomic mass is 35.5. The van der Waals surface area contributed by atoms with Crippen LogP contribution in [-0.4, -0.2) is 94.5 Å². The minimum atomic E-state index is -1.05. The number of anilines is 8. The van der Waals surface area contributed by atoms with E-state index in [1.54, 1.807) is 132 Å². The first kappa shape index (κ1) is 71.2. The molecule has 8 aromatic carbocycles. The van der Waals surface area contributed by atoms with Gasteiger partial charge in [0.2, 0.25) is 5.82 Å². The maximum atomic E-state index is 11.3. The Hall–Kier alpha value is -10.1. The first-order valence-corrected chi connectivity index (χ1v) is 31.4. The minimum absolute atomic E-state index is 0.113. The molecule has 0 bridgehead atoms. The standard InChI is InChI=1S/2C18H15Cl2N3O2.C17H13Cl2N3O2.C14H9Cl2N5O2/c1-10-7-11(2)23(22-10)12-8-14(19)17(15(20)9-12)21-16-6-4-3-5-13(16)18(24)25;1-9-16(10(2)23-22-9)11-7-13(19)17(14(20)8-11)21-15-6-4-3-5-12(15)18(24)25;1-22-8-15(20-9-22)10-6-12(18)16(13(19)7-10)21-14-5-3-2-4-11(14)17(23)24;15-9-5-7(13-18-20-21-19-13)6-10(16)12(9)17-11-4-2-1-3-8(11)14(22)23/h3-9,21H,1-2H3,(H,24,25);3-8,21H,1-2H3,(H,22,23)(H,24,25);2-9,21H,1H3,(H,23,24);1-6,17H,(H,22,23)(H,18,19,20,21). The average Bonchev–Trinajstić information content (AvgIpc) is 1.80. The van der Waals surface area contributed by atoms with Crippen molar-refractivity contribution < 1.29 is 39.6 Å². The third-order valence-electron chi connectivity index (χ3n) is 14.1. The summed E-state index contributed by atoms with van der Waals surface area (Å²) in [4.78, 5) is 49.5. The van der Waals surface area contributed by atoms with Gasteiger partial charge in [-0.15, -0.1) is 10.2 Å². The Morgan fingerprint density at radius 3 is 1.13 bits per heavy atom. The van der Waals surface area contributed by atoms with Gasteiger partial charge in [0.1, 0.15) is 0 Å². The smallest absolute Gasteiger partial charge is 0.337 e. The highest BCUT2D eigenvalue weighted by molar-refractivity contribution is 6.42. The molecule has 0 amide bonds. The number of benzene rings is 8. The number of tetrazole rings is 1. The average molecular weight is 1460 g/mol. The van der Waals surface area contributed by atoms with E-state index in [9.17, 15) is 39.6 Å². The molecule has 22 nitrogen and oxygen atoms in total. The Morgan fingerprint density at radius 1 is 0.464 bits per heavy atom. The van der Waals surface area contributed by atoms with Gasteiger partial charge in [-0.1, -0.05) is 141 Å². The number of nitrogens with one attached hydrogen (secondary N) is 6. The summed E-state index contributed by atoms with van der Waals surface area (Å²) in [7, 11) is 1.87. The predicted molar refractivity (Wildman–Crippen MR) is 382 cm³/mol. The topological polar surface area (TPSA) is 316 Å². The normalized spacial score (nSPS) is 10.6. The quantitative estimate of drug-likeness (QED) is 0.0430. The van der Waals surface area contributed by atoms with Crippen molar-refractivity contribution in [2.45, 2.75) is 27.7 Å². The first-order valence-electron chi connectivity index (χ1n) is 28.4. The number of nitrogens with zero attached hydrogens (tertiary/aromatic N) is 8. The predicted octanol–water partition coefficient (Wildman–Crippen LogP) is 19.1. The first-order chi connectivity index (χ1) is 46.3. The van der Waals surface area contributed by atoms with Gasteiger partial charge >= 0.3 is 23.9 Å². The maximum absolute atomic E-state index is 11.3. The second-order valence-corrected chi connectivity index (χ2v) is 24.2. The summed E-state index contributed by atoms with van der Waals surface area (Å²) >= 11 is 50.8. The lowest BCUT2D eigenvalue weighted by Gasteiger charge is -2.14. The summed E-state index contributed by atoms with van der Waals surface area (Å²) in [6, 6.07) is 41.8. The maximum Gasteiger partial charge on any atom is 0.337 e. The van der Waals surface area contributed by atoms with Crippen LogP contribution in [0.3, 0.4) is 0 Å². The molecule has 0 aliphatic heterocycles. The van der Waals surface area contributed by atoms with Crippen LogP contribution in [0.4, 0.5) is 45.5 Å². The minimum Gasteiger partial charge on any atom is -0.478 e. The van der Waals surface area contributed by atoms with E-state index < -0.39 is 23.9 Å². The molecule has 97 heavy (non-hydrogen) atoms. The number of aromatic carboxylic acids is 4. The van der Waals surface area contributed by atoms with Crippen LogP contribution in [0.5, 0.6) is 0 Å². The van der Waals surface area contributed by atoms with E-state index in [0.29, 0.717) is 97.1 Å². The number of carbonyl (C=O) groups is 4. The zero-order chi connectivity index (χ0) is 69.9. The van der Waals surface area contributed by atoms with E-state index >= 15 is 0 Å². The molecule has 0 aliphatic carbocycles. The zero-order valence-electron chi connectivity index (χ0n) is 51.1. The molecule has 0 aliphatic rings. The van der Waals surface area contributed by atoms with Crippen molar-refractivity contribution in [3.63, 3.8) is 0 Å². The molecule has 10 N–H and O–H groups in total. The van der Waals surface area contributed by atoms with E-state index in [1.165, 1.54) is 24.3 Å². The Balaban J connectivity index is 0.000000152. The van der Waals surface area contributed by atoms with Gasteiger partial charge in [-0.2, -0.15) is 15.4 Å². The molecule has 0 spiro atoms. The number of carboxylic acids is 4. The summed E-state index contributed by atoms with van der Waals surface area (Å²) in [5, 5.41) is 77.0. The molecule has 0 saturated heterocycles. The van der Waals surface area contributed by atoms with Crippen molar-refractivity contribution in [2.75, 3.05) is 21.3 Å². The largest absolute Gasteiger partial charge is 0.478 e. The fraction of sp³-hybridized carbons (Fsp3) is 0.0746. The number of halogens is 8. The summed E-state index contributed by atoms with van der Waals surface area (Å²) in [6.45, 7) is 7.67. The van der Waals surface area contributed by atoms with Gasteiger partial charge in [0.15, 0.2) is 0 Å². The van der Waals surface area contributed by atoms with Gasteiger partial charge in [-0.25, -0.2) is 28.8 Å².